The van der Waals surface area contributed by atoms with E-state index in [4.69, 9.17) is 11.6 Å². The number of hydrogen-bond donors (Lipinski definition) is 1. The fourth-order valence-electron chi connectivity index (χ4n) is 2.14. The van der Waals surface area contributed by atoms with E-state index in [9.17, 15) is 23.3 Å². The summed E-state index contributed by atoms with van der Waals surface area (Å²) in [5.41, 5.74) is -0.508. The summed E-state index contributed by atoms with van der Waals surface area (Å²) in [4.78, 5) is 21.6. The molecule has 1 heterocycles. The number of hydrogen-bond acceptors (Lipinski definition) is 6. The molecule has 1 fully saturated rings. The van der Waals surface area contributed by atoms with Gasteiger partial charge < -0.3 is 5.32 Å². The normalized spacial score (nSPS) is 16.1. The Hall–Kier alpha value is -1.71. The van der Waals surface area contributed by atoms with Crippen LogP contribution in [0.2, 0.25) is 5.02 Å². The number of sulfonamides is 1. The van der Waals surface area contributed by atoms with Crippen molar-refractivity contribution in [1.82, 2.24) is 9.62 Å². The molecule has 0 atom stereocenters. The minimum absolute atomic E-state index is 0.0600. The Morgan fingerprint density at radius 1 is 1.43 bits per heavy atom. The number of nitro groups is 1. The summed E-state index contributed by atoms with van der Waals surface area (Å²) >= 11 is 5.74. The van der Waals surface area contributed by atoms with Crippen LogP contribution >= 0.6 is 11.6 Å². The van der Waals surface area contributed by atoms with Gasteiger partial charge >= 0.3 is 0 Å². The molecule has 2 rings (SSSR count). The Labute approximate surface area is 125 Å². The van der Waals surface area contributed by atoms with Crippen molar-refractivity contribution in [3.05, 3.63) is 32.8 Å². The number of rotatable bonds is 3. The van der Waals surface area contributed by atoms with Gasteiger partial charge in [0.2, 0.25) is 5.91 Å². The predicted octanol–water partition coefficient (Wildman–Crippen LogP) is 0.677. The van der Waals surface area contributed by atoms with Crippen molar-refractivity contribution in [2.75, 3.05) is 19.6 Å². The lowest BCUT2D eigenvalue weighted by atomic mass is 10.2. The summed E-state index contributed by atoms with van der Waals surface area (Å²) in [5, 5.41) is 13.9. The molecule has 0 spiro atoms. The predicted molar refractivity (Wildman–Crippen MR) is 74.6 cm³/mol. The third-order valence-electron chi connectivity index (χ3n) is 3.01. The van der Waals surface area contributed by atoms with Crippen molar-refractivity contribution in [2.24, 2.45) is 0 Å². The van der Waals surface area contributed by atoms with Crippen LogP contribution < -0.4 is 5.32 Å². The standard InChI is InChI=1S/C11H12ClN3O5S/c1-7-4-8(12)5-9(15(17)18)11(7)21(19,20)14-3-2-13-6-10(14)16/h4-5,13H,2-3,6H2,1H3. The molecule has 0 bridgehead atoms. The number of aryl methyl sites for hydroxylation is 1. The van der Waals surface area contributed by atoms with Crippen LogP contribution in [0.3, 0.4) is 0 Å². The number of piperazine rings is 1. The molecule has 1 N–H and O–H groups in total. The Balaban J connectivity index is 2.64. The summed E-state index contributed by atoms with van der Waals surface area (Å²) in [6.45, 7) is 1.50. The number of halogens is 1. The quantitative estimate of drug-likeness (QED) is 0.643. The van der Waals surface area contributed by atoms with Crippen LogP contribution in [0, 0.1) is 17.0 Å². The Bertz CT molecular complexity index is 719. The fraction of sp³-hybridized carbons (Fsp3) is 0.364. The third kappa shape index (κ3) is 2.85. The van der Waals surface area contributed by atoms with Gasteiger partial charge in [-0.15, -0.1) is 0 Å². The zero-order valence-electron chi connectivity index (χ0n) is 11.0. The minimum atomic E-state index is -4.29. The first-order chi connectivity index (χ1) is 9.75. The van der Waals surface area contributed by atoms with Crippen LogP contribution in [0.5, 0.6) is 0 Å². The van der Waals surface area contributed by atoms with Gasteiger partial charge in [-0.25, -0.2) is 12.7 Å². The number of benzene rings is 1. The van der Waals surface area contributed by atoms with Crippen LogP contribution in [0.4, 0.5) is 5.69 Å². The van der Waals surface area contributed by atoms with Gasteiger partial charge in [-0.2, -0.15) is 0 Å². The van der Waals surface area contributed by atoms with Crippen molar-refractivity contribution < 1.29 is 18.1 Å². The minimum Gasteiger partial charge on any atom is -0.307 e. The maximum absolute atomic E-state index is 12.6. The molecule has 1 aromatic carbocycles. The van der Waals surface area contributed by atoms with Crippen molar-refractivity contribution in [1.29, 1.82) is 0 Å². The summed E-state index contributed by atoms with van der Waals surface area (Å²) in [7, 11) is -4.29. The van der Waals surface area contributed by atoms with E-state index in [0.717, 1.165) is 6.07 Å². The van der Waals surface area contributed by atoms with Crippen molar-refractivity contribution in [3.63, 3.8) is 0 Å². The third-order valence-corrected chi connectivity index (χ3v) is 5.24. The van der Waals surface area contributed by atoms with Gasteiger partial charge in [-0.1, -0.05) is 11.6 Å². The van der Waals surface area contributed by atoms with Gasteiger partial charge in [-0.05, 0) is 18.6 Å². The summed E-state index contributed by atoms with van der Waals surface area (Å²) < 4.78 is 25.8. The Kier molecular flexibility index (Phi) is 4.17. The first-order valence-electron chi connectivity index (χ1n) is 5.96. The Morgan fingerprint density at radius 3 is 2.67 bits per heavy atom. The highest BCUT2D eigenvalue weighted by Crippen LogP contribution is 2.33. The topological polar surface area (TPSA) is 110 Å². The van der Waals surface area contributed by atoms with E-state index in [1.54, 1.807) is 0 Å². The van der Waals surface area contributed by atoms with E-state index < -0.39 is 31.4 Å². The van der Waals surface area contributed by atoms with Gasteiger partial charge in [0.15, 0.2) is 4.90 Å². The van der Waals surface area contributed by atoms with Crippen LogP contribution in [0.15, 0.2) is 17.0 Å². The molecule has 8 nitrogen and oxygen atoms in total. The molecule has 10 heteroatoms. The van der Waals surface area contributed by atoms with Crippen molar-refractivity contribution >= 4 is 33.2 Å². The van der Waals surface area contributed by atoms with E-state index in [1.807, 2.05) is 0 Å². The smallest absolute Gasteiger partial charge is 0.291 e. The molecule has 1 amide bonds. The largest absolute Gasteiger partial charge is 0.307 e. The molecule has 21 heavy (non-hydrogen) atoms. The molecule has 0 saturated carbocycles. The molecule has 0 aliphatic carbocycles. The molecule has 0 radical (unpaired) electrons. The fourth-order valence-corrected chi connectivity index (χ4v) is 4.15. The van der Waals surface area contributed by atoms with Crippen molar-refractivity contribution in [2.45, 2.75) is 11.8 Å². The summed E-state index contributed by atoms with van der Waals surface area (Å²) in [6.07, 6.45) is 0. The number of nitrogens with zero attached hydrogens (tertiary/aromatic N) is 2. The second-order valence-corrected chi connectivity index (χ2v) is 6.71. The lowest BCUT2D eigenvalue weighted by Crippen LogP contribution is -2.50. The number of amides is 1. The zero-order valence-corrected chi connectivity index (χ0v) is 12.6. The van der Waals surface area contributed by atoms with E-state index in [0.29, 0.717) is 10.8 Å². The summed E-state index contributed by atoms with van der Waals surface area (Å²) in [5.74, 6) is -0.648. The summed E-state index contributed by atoms with van der Waals surface area (Å²) in [6, 6.07) is 2.28. The van der Waals surface area contributed by atoms with Gasteiger partial charge in [0.05, 0.1) is 11.5 Å². The molecule has 1 aliphatic heterocycles. The van der Waals surface area contributed by atoms with E-state index in [-0.39, 0.29) is 23.7 Å². The van der Waals surface area contributed by atoms with E-state index >= 15 is 0 Å². The molecular formula is C11H12ClN3O5S. The molecule has 114 valence electrons. The van der Waals surface area contributed by atoms with Crippen LogP contribution in [0.1, 0.15) is 5.56 Å². The van der Waals surface area contributed by atoms with Crippen LogP contribution in [-0.2, 0) is 14.8 Å². The maximum atomic E-state index is 12.6. The average Bonchev–Trinajstić information content (AvgIpc) is 2.37. The van der Waals surface area contributed by atoms with Crippen LogP contribution in [0.25, 0.3) is 0 Å². The molecule has 1 aliphatic rings. The first-order valence-corrected chi connectivity index (χ1v) is 7.78. The zero-order chi connectivity index (χ0) is 15.8. The van der Waals surface area contributed by atoms with Gasteiger partial charge in [0.1, 0.15) is 0 Å². The Morgan fingerprint density at radius 2 is 2.10 bits per heavy atom. The second-order valence-electron chi connectivity index (χ2n) is 4.48. The van der Waals surface area contributed by atoms with Gasteiger partial charge in [0.25, 0.3) is 15.7 Å². The highest BCUT2D eigenvalue weighted by atomic mass is 35.5. The second kappa shape index (κ2) is 5.58. The number of nitrogens with one attached hydrogen (secondary N) is 1. The molecule has 1 saturated heterocycles. The van der Waals surface area contributed by atoms with Crippen molar-refractivity contribution in [3.8, 4) is 0 Å². The van der Waals surface area contributed by atoms with Gasteiger partial charge in [0, 0.05) is 24.2 Å². The highest BCUT2D eigenvalue weighted by molar-refractivity contribution is 7.89. The first kappa shape index (κ1) is 15.7. The van der Waals surface area contributed by atoms with E-state index in [1.165, 1.54) is 13.0 Å². The maximum Gasteiger partial charge on any atom is 0.291 e. The molecule has 1 aromatic rings. The monoisotopic (exact) mass is 333 g/mol. The lowest BCUT2D eigenvalue weighted by molar-refractivity contribution is -0.387. The molecular weight excluding hydrogens is 322 g/mol. The van der Waals surface area contributed by atoms with Crippen LogP contribution in [-0.4, -0.2) is 43.2 Å². The van der Waals surface area contributed by atoms with E-state index in [2.05, 4.69) is 5.32 Å². The molecule has 0 unspecified atom stereocenters. The molecule has 0 aromatic heterocycles. The average molecular weight is 334 g/mol. The highest BCUT2D eigenvalue weighted by Gasteiger charge is 2.37. The van der Waals surface area contributed by atoms with Gasteiger partial charge in [-0.3, -0.25) is 14.9 Å². The number of carbonyl (C=O) groups excluding carboxylic acids is 1. The number of nitro benzene ring substituents is 1. The number of carbonyl (C=O) groups is 1. The SMILES string of the molecule is Cc1cc(Cl)cc([N+](=O)[O-])c1S(=O)(=O)N1CCNCC1=O. The lowest BCUT2D eigenvalue weighted by Gasteiger charge is -2.27.